The van der Waals surface area contributed by atoms with Crippen molar-refractivity contribution >= 4 is 46.3 Å². The van der Waals surface area contributed by atoms with Gasteiger partial charge in [0, 0.05) is 43.8 Å². The van der Waals surface area contributed by atoms with E-state index < -0.39 is 0 Å². The monoisotopic (exact) mass is 530 g/mol. The SMILES string of the molecule is CCN1c2ccccc2Sc2cc(-c3cc(-c4ccc5c(c4)Sc4ccccc4N5CC)ncn3)ccc21. The van der Waals surface area contributed by atoms with Gasteiger partial charge in [-0.25, -0.2) is 9.97 Å². The van der Waals surface area contributed by atoms with Crippen LogP contribution in [-0.2, 0) is 0 Å². The van der Waals surface area contributed by atoms with E-state index in [0.29, 0.717) is 0 Å². The van der Waals surface area contributed by atoms with Crippen LogP contribution in [0.15, 0.2) is 117 Å². The average molecular weight is 531 g/mol. The number of anilines is 4. The van der Waals surface area contributed by atoms with Crippen molar-refractivity contribution in [3.05, 3.63) is 97.3 Å². The van der Waals surface area contributed by atoms with Crippen molar-refractivity contribution in [3.63, 3.8) is 0 Å². The molecule has 2 aliphatic heterocycles. The summed E-state index contributed by atoms with van der Waals surface area (Å²) < 4.78 is 0. The quantitative estimate of drug-likeness (QED) is 0.230. The molecular weight excluding hydrogens is 505 g/mol. The fourth-order valence-electron chi connectivity index (χ4n) is 5.34. The Morgan fingerprint density at radius 3 is 1.45 bits per heavy atom. The Morgan fingerprint density at radius 2 is 0.974 bits per heavy atom. The summed E-state index contributed by atoms with van der Waals surface area (Å²) in [4.78, 5) is 19.2. The van der Waals surface area contributed by atoms with Gasteiger partial charge in [-0.2, -0.15) is 0 Å². The maximum absolute atomic E-state index is 4.66. The van der Waals surface area contributed by atoms with Crippen LogP contribution in [0.1, 0.15) is 13.8 Å². The summed E-state index contributed by atoms with van der Waals surface area (Å²) in [6, 6.07) is 32.7. The molecule has 0 saturated heterocycles. The molecule has 0 bridgehead atoms. The van der Waals surface area contributed by atoms with E-state index in [0.717, 1.165) is 35.6 Å². The molecule has 4 nitrogen and oxygen atoms in total. The molecule has 5 aromatic rings. The highest BCUT2D eigenvalue weighted by molar-refractivity contribution is 8.00. The number of para-hydroxylation sites is 2. The minimum atomic E-state index is 0.928. The fraction of sp³-hybridized carbons (Fsp3) is 0.125. The number of hydrogen-bond donors (Lipinski definition) is 0. The first-order chi connectivity index (χ1) is 18.7. The van der Waals surface area contributed by atoms with Gasteiger partial charge >= 0.3 is 0 Å². The molecule has 0 spiro atoms. The summed E-state index contributed by atoms with van der Waals surface area (Å²) in [6.45, 7) is 6.27. The molecule has 0 unspecified atom stereocenters. The van der Waals surface area contributed by atoms with Crippen molar-refractivity contribution in [2.75, 3.05) is 22.9 Å². The topological polar surface area (TPSA) is 32.3 Å². The second-order valence-electron chi connectivity index (χ2n) is 9.28. The standard InChI is InChI=1S/C32H26N4S2/c1-3-35-25-9-5-7-11-29(25)37-31-17-21(13-15-27(31)35)23-19-24(34-20-33-23)22-14-16-28-32(18-22)38-30-12-8-6-10-26(30)36(28)4-2/h5-20H,3-4H2,1-2H3. The van der Waals surface area contributed by atoms with Gasteiger partial charge in [0.2, 0.25) is 0 Å². The normalized spacial score (nSPS) is 13.4. The molecule has 1 aromatic heterocycles. The summed E-state index contributed by atoms with van der Waals surface area (Å²) in [7, 11) is 0. The van der Waals surface area contributed by atoms with Crippen molar-refractivity contribution in [2.45, 2.75) is 33.4 Å². The van der Waals surface area contributed by atoms with Crippen LogP contribution in [0.25, 0.3) is 22.5 Å². The highest BCUT2D eigenvalue weighted by Gasteiger charge is 2.24. The zero-order valence-corrected chi connectivity index (χ0v) is 22.9. The van der Waals surface area contributed by atoms with Crippen LogP contribution < -0.4 is 9.80 Å². The maximum atomic E-state index is 4.66. The second kappa shape index (κ2) is 9.53. The van der Waals surface area contributed by atoms with E-state index in [1.54, 1.807) is 6.33 Å². The first kappa shape index (κ1) is 23.4. The third-order valence-electron chi connectivity index (χ3n) is 7.14. The van der Waals surface area contributed by atoms with Crippen LogP contribution in [0.2, 0.25) is 0 Å². The van der Waals surface area contributed by atoms with Crippen LogP contribution >= 0.6 is 23.5 Å². The van der Waals surface area contributed by atoms with E-state index in [9.17, 15) is 0 Å². The lowest BCUT2D eigenvalue weighted by molar-refractivity contribution is 0.979. The smallest absolute Gasteiger partial charge is 0.116 e. The van der Waals surface area contributed by atoms with Crippen LogP contribution in [0.5, 0.6) is 0 Å². The molecule has 6 heteroatoms. The molecule has 186 valence electrons. The number of hydrogen-bond acceptors (Lipinski definition) is 6. The molecule has 3 heterocycles. The van der Waals surface area contributed by atoms with Crippen LogP contribution in [0.4, 0.5) is 22.7 Å². The van der Waals surface area contributed by atoms with Gasteiger partial charge in [-0.3, -0.25) is 0 Å². The Bertz CT molecular complexity index is 1560. The Balaban J connectivity index is 1.24. The zero-order chi connectivity index (χ0) is 25.6. The average Bonchev–Trinajstić information content (AvgIpc) is 2.98. The lowest BCUT2D eigenvalue weighted by atomic mass is 10.1. The van der Waals surface area contributed by atoms with Crippen molar-refractivity contribution in [3.8, 4) is 22.5 Å². The summed E-state index contributed by atoms with van der Waals surface area (Å²) in [5.74, 6) is 0. The number of aromatic nitrogens is 2. The molecule has 0 amide bonds. The molecule has 0 aliphatic carbocycles. The molecule has 38 heavy (non-hydrogen) atoms. The van der Waals surface area contributed by atoms with Gasteiger partial charge in [0.05, 0.1) is 34.1 Å². The third kappa shape index (κ3) is 3.87. The minimum Gasteiger partial charge on any atom is -0.340 e. The van der Waals surface area contributed by atoms with Gasteiger partial charge in [-0.15, -0.1) is 0 Å². The van der Waals surface area contributed by atoms with Crippen molar-refractivity contribution in [1.29, 1.82) is 0 Å². The maximum Gasteiger partial charge on any atom is 0.116 e. The van der Waals surface area contributed by atoms with Crippen molar-refractivity contribution in [1.82, 2.24) is 9.97 Å². The molecule has 7 rings (SSSR count). The molecule has 0 saturated carbocycles. The molecule has 4 aromatic carbocycles. The summed E-state index contributed by atoms with van der Waals surface area (Å²) >= 11 is 3.66. The van der Waals surface area contributed by atoms with Gasteiger partial charge < -0.3 is 9.80 Å². The Morgan fingerprint density at radius 1 is 0.526 bits per heavy atom. The summed E-state index contributed by atoms with van der Waals surface area (Å²) in [5, 5.41) is 0. The first-order valence-corrected chi connectivity index (χ1v) is 14.6. The lowest BCUT2D eigenvalue weighted by Gasteiger charge is -2.32. The van der Waals surface area contributed by atoms with E-state index >= 15 is 0 Å². The predicted octanol–water partition coefficient (Wildman–Crippen LogP) is 9.06. The molecule has 0 atom stereocenters. The minimum absolute atomic E-state index is 0.928. The Hall–Kier alpha value is -3.74. The number of rotatable bonds is 4. The van der Waals surface area contributed by atoms with Gasteiger partial charge in [-0.1, -0.05) is 59.9 Å². The highest BCUT2D eigenvalue weighted by Crippen LogP contribution is 2.50. The van der Waals surface area contributed by atoms with E-state index in [1.165, 1.54) is 42.3 Å². The second-order valence-corrected chi connectivity index (χ2v) is 11.4. The summed E-state index contributed by atoms with van der Waals surface area (Å²) in [6.07, 6.45) is 1.69. The van der Waals surface area contributed by atoms with E-state index in [4.69, 9.17) is 0 Å². The molecule has 0 N–H and O–H groups in total. The molecule has 2 aliphatic rings. The Labute approximate surface area is 231 Å². The van der Waals surface area contributed by atoms with Gasteiger partial charge in [0.1, 0.15) is 6.33 Å². The van der Waals surface area contributed by atoms with E-state index in [1.807, 2.05) is 23.5 Å². The molecule has 0 radical (unpaired) electrons. The lowest BCUT2D eigenvalue weighted by Crippen LogP contribution is -2.19. The Kier molecular flexibility index (Phi) is 5.87. The largest absolute Gasteiger partial charge is 0.340 e. The van der Waals surface area contributed by atoms with Crippen LogP contribution in [0.3, 0.4) is 0 Å². The van der Waals surface area contributed by atoms with Gasteiger partial charge in [0.25, 0.3) is 0 Å². The zero-order valence-electron chi connectivity index (χ0n) is 21.3. The van der Waals surface area contributed by atoms with Crippen molar-refractivity contribution < 1.29 is 0 Å². The van der Waals surface area contributed by atoms with Crippen LogP contribution in [-0.4, -0.2) is 23.1 Å². The number of benzene rings is 4. The summed E-state index contributed by atoms with van der Waals surface area (Å²) in [5.41, 5.74) is 9.14. The van der Waals surface area contributed by atoms with Crippen LogP contribution in [0, 0.1) is 0 Å². The van der Waals surface area contributed by atoms with Crippen molar-refractivity contribution in [2.24, 2.45) is 0 Å². The first-order valence-electron chi connectivity index (χ1n) is 12.9. The van der Waals surface area contributed by atoms with E-state index in [-0.39, 0.29) is 0 Å². The molecular formula is C32H26N4S2. The van der Waals surface area contributed by atoms with Gasteiger partial charge in [0.15, 0.2) is 0 Å². The fourth-order valence-corrected chi connectivity index (χ4v) is 7.61. The number of nitrogens with zero attached hydrogens (tertiary/aromatic N) is 4. The van der Waals surface area contributed by atoms with Gasteiger partial charge in [-0.05, 0) is 68.4 Å². The molecule has 0 fully saturated rings. The van der Waals surface area contributed by atoms with E-state index in [2.05, 4.69) is 125 Å². The third-order valence-corrected chi connectivity index (χ3v) is 9.37. The number of fused-ring (bicyclic) bond motifs is 4. The predicted molar refractivity (Wildman–Crippen MR) is 159 cm³/mol. The highest BCUT2D eigenvalue weighted by atomic mass is 32.2.